The molecule has 2 rings (SSSR count). The summed E-state index contributed by atoms with van der Waals surface area (Å²) in [5, 5.41) is 6.13. The highest BCUT2D eigenvalue weighted by Gasteiger charge is 2.18. The van der Waals surface area contributed by atoms with E-state index in [1.807, 2.05) is 45.2 Å². The second-order valence-electron chi connectivity index (χ2n) is 5.22. The molecule has 1 N–H and O–H groups in total. The van der Waals surface area contributed by atoms with Crippen LogP contribution in [0, 0.1) is 0 Å². The maximum absolute atomic E-state index is 12.5. The van der Waals surface area contributed by atoms with Gasteiger partial charge in [-0.3, -0.25) is 4.79 Å². The van der Waals surface area contributed by atoms with Gasteiger partial charge in [-0.2, -0.15) is 5.10 Å². The summed E-state index contributed by atoms with van der Waals surface area (Å²) >= 11 is 1.57. The summed E-state index contributed by atoms with van der Waals surface area (Å²) in [6.45, 7) is 8.85. The van der Waals surface area contributed by atoms with Crippen molar-refractivity contribution >= 4 is 23.0 Å². The highest BCUT2D eigenvalue weighted by atomic mass is 32.1. The topological polar surface area (TPSA) is 69.2 Å². The number of carbonyl (C=O) groups excluding carboxylic acids is 1. The van der Waals surface area contributed by atoms with Crippen molar-refractivity contribution in [2.45, 2.75) is 27.7 Å². The Labute approximate surface area is 157 Å². The number of hydrogen-bond acceptors (Lipinski definition) is 6. The third-order valence-electron chi connectivity index (χ3n) is 3.37. The lowest BCUT2D eigenvalue weighted by atomic mass is 10.1. The zero-order valence-electron chi connectivity index (χ0n) is 15.5. The van der Waals surface area contributed by atoms with Crippen LogP contribution in [0.15, 0.2) is 34.7 Å². The number of nitrogens with zero attached hydrogens (tertiary/aromatic N) is 1. The third-order valence-corrected chi connectivity index (χ3v) is 4.35. The number of hydrazone groups is 1. The lowest BCUT2D eigenvalue weighted by molar-refractivity contribution is 0.0953. The molecule has 0 saturated carbocycles. The van der Waals surface area contributed by atoms with Crippen molar-refractivity contribution in [2.75, 3.05) is 19.8 Å². The largest absolute Gasteiger partial charge is 0.490 e. The van der Waals surface area contributed by atoms with Gasteiger partial charge in [-0.15, -0.1) is 11.3 Å². The maximum Gasteiger partial charge on any atom is 0.271 e. The molecule has 0 radical (unpaired) electrons. The molecule has 1 aromatic heterocycles. The van der Waals surface area contributed by atoms with E-state index in [2.05, 4.69) is 10.5 Å². The predicted octanol–water partition coefficient (Wildman–Crippen LogP) is 4.10. The Kier molecular flexibility index (Phi) is 7.47. The molecule has 2 aromatic rings. The van der Waals surface area contributed by atoms with Crippen LogP contribution in [0.1, 0.15) is 42.9 Å². The fourth-order valence-corrected chi connectivity index (χ4v) is 2.94. The van der Waals surface area contributed by atoms with Gasteiger partial charge in [0.1, 0.15) is 0 Å². The molecule has 0 aliphatic rings. The Bertz CT molecular complexity index is 730. The molecule has 140 valence electrons. The Morgan fingerprint density at radius 2 is 1.69 bits per heavy atom. The van der Waals surface area contributed by atoms with Crippen molar-refractivity contribution in [2.24, 2.45) is 5.10 Å². The highest BCUT2D eigenvalue weighted by molar-refractivity contribution is 7.12. The molecular weight excluding hydrogens is 352 g/mol. The fraction of sp³-hybridized carbons (Fsp3) is 0.368. The summed E-state index contributed by atoms with van der Waals surface area (Å²) in [7, 11) is 0. The van der Waals surface area contributed by atoms with Crippen molar-refractivity contribution < 1.29 is 19.0 Å². The Morgan fingerprint density at radius 1 is 1.08 bits per heavy atom. The van der Waals surface area contributed by atoms with Gasteiger partial charge < -0.3 is 14.2 Å². The fourth-order valence-electron chi connectivity index (χ4n) is 2.26. The van der Waals surface area contributed by atoms with Crippen LogP contribution in [0.3, 0.4) is 0 Å². The van der Waals surface area contributed by atoms with Crippen LogP contribution in [-0.4, -0.2) is 31.4 Å². The summed E-state index contributed by atoms with van der Waals surface area (Å²) < 4.78 is 16.9. The number of carbonyl (C=O) groups is 1. The molecule has 6 nitrogen and oxygen atoms in total. The first kappa shape index (κ1) is 19.8. The molecule has 1 heterocycles. The predicted molar refractivity (Wildman–Crippen MR) is 104 cm³/mol. The molecule has 7 heteroatoms. The molecule has 0 saturated heterocycles. The van der Waals surface area contributed by atoms with Crippen LogP contribution in [0.2, 0.25) is 0 Å². The zero-order valence-corrected chi connectivity index (χ0v) is 16.3. The Morgan fingerprint density at radius 3 is 2.19 bits per heavy atom. The second-order valence-corrected chi connectivity index (χ2v) is 6.16. The van der Waals surface area contributed by atoms with E-state index in [0.717, 1.165) is 10.6 Å². The van der Waals surface area contributed by atoms with E-state index in [1.165, 1.54) is 0 Å². The monoisotopic (exact) mass is 376 g/mol. The Balaban J connectivity index is 2.29. The Hall–Kier alpha value is -2.54. The van der Waals surface area contributed by atoms with Crippen molar-refractivity contribution in [3.63, 3.8) is 0 Å². The number of benzene rings is 1. The van der Waals surface area contributed by atoms with Crippen molar-refractivity contribution in [1.29, 1.82) is 0 Å². The molecule has 0 atom stereocenters. The van der Waals surface area contributed by atoms with E-state index in [4.69, 9.17) is 14.2 Å². The summed E-state index contributed by atoms with van der Waals surface area (Å²) in [5.41, 5.74) is 3.72. The van der Waals surface area contributed by atoms with Gasteiger partial charge in [0.25, 0.3) is 5.91 Å². The van der Waals surface area contributed by atoms with Gasteiger partial charge in [-0.05, 0) is 51.3 Å². The van der Waals surface area contributed by atoms with Crippen LogP contribution >= 0.6 is 11.3 Å². The lowest BCUT2D eigenvalue weighted by Gasteiger charge is -2.16. The molecule has 0 unspecified atom stereocenters. The van der Waals surface area contributed by atoms with Crippen LogP contribution in [0.25, 0.3) is 0 Å². The summed E-state index contributed by atoms with van der Waals surface area (Å²) in [5.74, 6) is 1.12. The summed E-state index contributed by atoms with van der Waals surface area (Å²) in [6.07, 6.45) is 0. The summed E-state index contributed by atoms with van der Waals surface area (Å²) in [6, 6.07) is 7.17. The average molecular weight is 376 g/mol. The van der Waals surface area contributed by atoms with Gasteiger partial charge in [0.2, 0.25) is 5.75 Å². The first-order valence-electron chi connectivity index (χ1n) is 8.55. The average Bonchev–Trinajstić information content (AvgIpc) is 3.17. The second kappa shape index (κ2) is 9.82. The maximum atomic E-state index is 12.5. The number of ether oxygens (including phenoxy) is 3. The van der Waals surface area contributed by atoms with E-state index in [9.17, 15) is 4.79 Å². The van der Waals surface area contributed by atoms with Crippen LogP contribution in [-0.2, 0) is 0 Å². The molecule has 0 aliphatic carbocycles. The standard InChI is InChI=1S/C19H24N2O4S/c1-5-23-15-11-14(12-16(24-6-2)18(15)25-7-3)19(22)21-20-13(4)17-9-8-10-26-17/h8-12H,5-7H2,1-4H3,(H,21,22). The molecule has 0 fully saturated rings. The van der Waals surface area contributed by atoms with E-state index < -0.39 is 0 Å². The van der Waals surface area contributed by atoms with E-state index >= 15 is 0 Å². The third kappa shape index (κ3) is 4.98. The minimum absolute atomic E-state index is 0.342. The quantitative estimate of drug-likeness (QED) is 0.528. The molecule has 0 bridgehead atoms. The van der Waals surface area contributed by atoms with Crippen LogP contribution < -0.4 is 19.6 Å². The SMILES string of the molecule is CCOc1cc(C(=O)NN=C(C)c2cccs2)cc(OCC)c1OCC. The van der Waals surface area contributed by atoms with E-state index in [1.54, 1.807) is 23.5 Å². The number of nitrogens with one attached hydrogen (secondary N) is 1. The molecule has 0 aliphatic heterocycles. The number of amides is 1. The van der Waals surface area contributed by atoms with Gasteiger partial charge in [0, 0.05) is 10.4 Å². The minimum Gasteiger partial charge on any atom is -0.490 e. The first-order valence-corrected chi connectivity index (χ1v) is 9.43. The van der Waals surface area contributed by atoms with Crippen molar-refractivity contribution in [1.82, 2.24) is 5.43 Å². The molecule has 1 amide bonds. The van der Waals surface area contributed by atoms with Gasteiger partial charge in [-0.25, -0.2) is 5.43 Å². The van der Waals surface area contributed by atoms with Gasteiger partial charge in [0.05, 0.1) is 25.5 Å². The molecule has 1 aromatic carbocycles. The minimum atomic E-state index is -0.342. The van der Waals surface area contributed by atoms with E-state index in [-0.39, 0.29) is 5.91 Å². The van der Waals surface area contributed by atoms with Crippen molar-refractivity contribution in [3.05, 3.63) is 40.1 Å². The van der Waals surface area contributed by atoms with Gasteiger partial charge >= 0.3 is 0 Å². The highest BCUT2D eigenvalue weighted by Crippen LogP contribution is 2.39. The molecule has 26 heavy (non-hydrogen) atoms. The summed E-state index contributed by atoms with van der Waals surface area (Å²) in [4.78, 5) is 13.5. The molecule has 0 spiro atoms. The normalized spacial score (nSPS) is 11.2. The number of thiophene rings is 1. The first-order chi connectivity index (χ1) is 12.6. The van der Waals surface area contributed by atoms with Crippen LogP contribution in [0.4, 0.5) is 0 Å². The van der Waals surface area contributed by atoms with Crippen molar-refractivity contribution in [3.8, 4) is 17.2 Å². The van der Waals surface area contributed by atoms with Gasteiger partial charge in [0.15, 0.2) is 11.5 Å². The zero-order chi connectivity index (χ0) is 18.9. The van der Waals surface area contributed by atoms with Crippen LogP contribution in [0.5, 0.6) is 17.2 Å². The van der Waals surface area contributed by atoms with Gasteiger partial charge in [-0.1, -0.05) is 6.07 Å². The van der Waals surface area contributed by atoms with E-state index in [0.29, 0.717) is 42.6 Å². The lowest BCUT2D eigenvalue weighted by Crippen LogP contribution is -2.19. The number of rotatable bonds is 9. The number of hydrogen-bond donors (Lipinski definition) is 1. The smallest absolute Gasteiger partial charge is 0.271 e. The molecular formula is C19H24N2O4S.